The van der Waals surface area contributed by atoms with Crippen LogP contribution in [-0.2, 0) is 4.79 Å². The van der Waals surface area contributed by atoms with Crippen LogP contribution in [0, 0.1) is 23.7 Å². The number of hydrogen-bond donors (Lipinski definition) is 0. The normalized spacial score (nSPS) is 48.4. The van der Waals surface area contributed by atoms with Crippen LogP contribution in [0.3, 0.4) is 0 Å². The number of carbonyl (C=O) groups excluding carboxylic acids is 1. The summed E-state index contributed by atoms with van der Waals surface area (Å²) in [6, 6.07) is 0. The third-order valence-electron chi connectivity index (χ3n) is 4.48. The minimum Gasteiger partial charge on any atom is -0.345 e. The first-order valence-electron chi connectivity index (χ1n) is 5.52. The fourth-order valence-corrected chi connectivity index (χ4v) is 3.93. The molecule has 13 heavy (non-hydrogen) atoms. The smallest absolute Gasteiger partial charge is 0.226 e. The van der Waals surface area contributed by atoms with Crippen LogP contribution in [0.15, 0.2) is 0 Å². The molecule has 3 aliphatic rings. The molecule has 72 valence electrons. The van der Waals surface area contributed by atoms with Gasteiger partial charge in [-0.3, -0.25) is 4.79 Å². The second-order valence-corrected chi connectivity index (χ2v) is 5.10. The van der Waals surface area contributed by atoms with Crippen LogP contribution >= 0.6 is 0 Å². The average molecular weight is 179 g/mol. The van der Waals surface area contributed by atoms with Crippen LogP contribution in [0.2, 0.25) is 0 Å². The van der Waals surface area contributed by atoms with E-state index in [4.69, 9.17) is 0 Å². The molecule has 1 amide bonds. The van der Waals surface area contributed by atoms with Crippen molar-refractivity contribution in [3.8, 4) is 0 Å². The summed E-state index contributed by atoms with van der Waals surface area (Å²) < 4.78 is 0. The van der Waals surface area contributed by atoms with E-state index in [0.29, 0.717) is 11.8 Å². The zero-order valence-electron chi connectivity index (χ0n) is 8.20. The Labute approximate surface area is 79.3 Å². The summed E-state index contributed by atoms with van der Waals surface area (Å²) >= 11 is 0. The van der Waals surface area contributed by atoms with E-state index >= 15 is 0 Å². The predicted octanol–water partition coefficient (Wildman–Crippen LogP) is 1.51. The zero-order chi connectivity index (χ0) is 9.00. The Morgan fingerprint density at radius 3 is 2.92 bits per heavy atom. The van der Waals surface area contributed by atoms with Gasteiger partial charge in [0.2, 0.25) is 5.91 Å². The van der Waals surface area contributed by atoms with Crippen molar-refractivity contribution >= 4 is 5.91 Å². The van der Waals surface area contributed by atoms with E-state index in [0.717, 1.165) is 24.3 Å². The van der Waals surface area contributed by atoms with Crippen LogP contribution in [0.25, 0.3) is 0 Å². The van der Waals surface area contributed by atoms with Crippen molar-refractivity contribution in [3.05, 3.63) is 0 Å². The maximum atomic E-state index is 11.9. The summed E-state index contributed by atoms with van der Waals surface area (Å²) in [5.41, 5.74) is 0. The van der Waals surface area contributed by atoms with E-state index in [2.05, 4.69) is 0 Å². The number of amides is 1. The van der Waals surface area contributed by atoms with E-state index < -0.39 is 0 Å². The van der Waals surface area contributed by atoms with Crippen LogP contribution in [0.5, 0.6) is 0 Å². The van der Waals surface area contributed by atoms with Gasteiger partial charge in [-0.1, -0.05) is 12.8 Å². The molecular weight excluding hydrogens is 162 g/mol. The molecule has 3 rings (SSSR count). The summed E-state index contributed by atoms with van der Waals surface area (Å²) in [5.74, 6) is 3.24. The Bertz CT molecular complexity index is 250. The standard InChI is InChI=1S/C11H17NO/c1-12-6-9-7-3-2-4-8(5-7)10(9)11(12)13/h7-10H,2-6H2,1H3. The van der Waals surface area contributed by atoms with Gasteiger partial charge in [-0.25, -0.2) is 0 Å². The minimum atomic E-state index is 0.428. The van der Waals surface area contributed by atoms with Crippen molar-refractivity contribution in [2.24, 2.45) is 23.7 Å². The average Bonchev–Trinajstić information content (AvgIpc) is 2.55. The molecular formula is C11H17NO. The maximum Gasteiger partial charge on any atom is 0.226 e. The van der Waals surface area contributed by atoms with Gasteiger partial charge in [0.25, 0.3) is 0 Å². The number of hydrogen-bond acceptors (Lipinski definition) is 1. The van der Waals surface area contributed by atoms with Crippen molar-refractivity contribution in [2.45, 2.75) is 25.7 Å². The lowest BCUT2D eigenvalue weighted by molar-refractivity contribution is -0.131. The Hall–Kier alpha value is -0.530. The molecule has 2 bridgehead atoms. The molecule has 3 fully saturated rings. The predicted molar refractivity (Wildman–Crippen MR) is 50.1 cm³/mol. The number of carbonyl (C=O) groups is 1. The minimum absolute atomic E-state index is 0.428. The van der Waals surface area contributed by atoms with Gasteiger partial charge in [0.1, 0.15) is 0 Å². The van der Waals surface area contributed by atoms with Crippen molar-refractivity contribution in [2.75, 3.05) is 13.6 Å². The van der Waals surface area contributed by atoms with Gasteiger partial charge in [-0.05, 0) is 30.6 Å². The Balaban J connectivity index is 1.93. The molecule has 0 aromatic heterocycles. The zero-order valence-corrected chi connectivity index (χ0v) is 8.20. The Morgan fingerprint density at radius 2 is 2.08 bits per heavy atom. The molecule has 4 atom stereocenters. The van der Waals surface area contributed by atoms with Gasteiger partial charge < -0.3 is 4.90 Å². The molecule has 4 unspecified atom stereocenters. The summed E-state index contributed by atoms with van der Waals surface area (Å²) in [4.78, 5) is 13.8. The van der Waals surface area contributed by atoms with Crippen LogP contribution in [-0.4, -0.2) is 24.4 Å². The molecule has 0 N–H and O–H groups in total. The SMILES string of the molecule is CN1CC2C3CCCC(C3)C2C1=O. The van der Waals surface area contributed by atoms with Gasteiger partial charge in [-0.15, -0.1) is 0 Å². The van der Waals surface area contributed by atoms with E-state index in [9.17, 15) is 4.79 Å². The molecule has 2 nitrogen and oxygen atoms in total. The number of nitrogens with zero attached hydrogens (tertiary/aromatic N) is 1. The molecule has 1 saturated heterocycles. The van der Waals surface area contributed by atoms with Gasteiger partial charge in [-0.2, -0.15) is 0 Å². The van der Waals surface area contributed by atoms with Crippen molar-refractivity contribution in [1.29, 1.82) is 0 Å². The Morgan fingerprint density at radius 1 is 1.31 bits per heavy atom. The second-order valence-electron chi connectivity index (χ2n) is 5.10. The fourth-order valence-electron chi connectivity index (χ4n) is 3.93. The number of fused-ring (bicyclic) bond motifs is 5. The van der Waals surface area contributed by atoms with Crippen molar-refractivity contribution < 1.29 is 4.79 Å². The molecule has 0 spiro atoms. The van der Waals surface area contributed by atoms with Gasteiger partial charge in [0, 0.05) is 19.5 Å². The third-order valence-corrected chi connectivity index (χ3v) is 4.48. The molecule has 1 heterocycles. The van der Waals surface area contributed by atoms with E-state index in [1.807, 2.05) is 11.9 Å². The molecule has 2 heteroatoms. The third kappa shape index (κ3) is 0.918. The quantitative estimate of drug-likeness (QED) is 0.552. The van der Waals surface area contributed by atoms with Crippen LogP contribution in [0.4, 0.5) is 0 Å². The summed E-state index contributed by atoms with van der Waals surface area (Å²) in [6.45, 7) is 1.05. The largest absolute Gasteiger partial charge is 0.345 e. The summed E-state index contributed by atoms with van der Waals surface area (Å²) in [6.07, 6.45) is 5.43. The van der Waals surface area contributed by atoms with Gasteiger partial charge in [0.15, 0.2) is 0 Å². The summed E-state index contributed by atoms with van der Waals surface area (Å²) in [5, 5.41) is 0. The Kier molecular flexibility index (Phi) is 1.50. The molecule has 0 aromatic carbocycles. The van der Waals surface area contributed by atoms with E-state index in [1.54, 1.807) is 0 Å². The summed E-state index contributed by atoms with van der Waals surface area (Å²) in [7, 11) is 1.97. The maximum absolute atomic E-state index is 11.9. The van der Waals surface area contributed by atoms with Gasteiger partial charge in [0.05, 0.1) is 0 Å². The fraction of sp³-hybridized carbons (Fsp3) is 0.909. The lowest BCUT2D eigenvalue weighted by atomic mass is 9.86. The highest BCUT2D eigenvalue weighted by molar-refractivity contribution is 5.82. The van der Waals surface area contributed by atoms with E-state index in [1.165, 1.54) is 25.7 Å². The monoisotopic (exact) mass is 179 g/mol. The van der Waals surface area contributed by atoms with Crippen LogP contribution in [0.1, 0.15) is 25.7 Å². The number of rotatable bonds is 0. The molecule has 0 aromatic rings. The highest BCUT2D eigenvalue weighted by atomic mass is 16.2. The highest BCUT2D eigenvalue weighted by Crippen LogP contribution is 2.53. The molecule has 2 saturated carbocycles. The first-order chi connectivity index (χ1) is 6.27. The first-order valence-corrected chi connectivity index (χ1v) is 5.52. The molecule has 0 radical (unpaired) electrons. The molecule has 2 aliphatic carbocycles. The lowest BCUT2D eigenvalue weighted by Gasteiger charge is -2.23. The highest BCUT2D eigenvalue weighted by Gasteiger charge is 2.53. The second kappa shape index (κ2) is 2.49. The van der Waals surface area contributed by atoms with Crippen molar-refractivity contribution in [1.82, 2.24) is 4.90 Å². The van der Waals surface area contributed by atoms with Gasteiger partial charge >= 0.3 is 0 Å². The van der Waals surface area contributed by atoms with E-state index in [-0.39, 0.29) is 0 Å². The first kappa shape index (κ1) is 7.84. The lowest BCUT2D eigenvalue weighted by Crippen LogP contribution is -2.27. The van der Waals surface area contributed by atoms with Crippen molar-refractivity contribution in [3.63, 3.8) is 0 Å². The number of likely N-dealkylation sites (tertiary alicyclic amines) is 1. The van der Waals surface area contributed by atoms with Crippen LogP contribution < -0.4 is 0 Å². The topological polar surface area (TPSA) is 20.3 Å². The molecule has 1 aliphatic heterocycles.